The highest BCUT2D eigenvalue weighted by Crippen LogP contribution is 2.11. The first-order chi connectivity index (χ1) is 8.99. The number of nitriles is 1. The van der Waals surface area contributed by atoms with Gasteiger partial charge in [0.25, 0.3) is 0 Å². The minimum Gasteiger partial charge on any atom is -0.296 e. The van der Waals surface area contributed by atoms with Gasteiger partial charge in [-0.05, 0) is 17.7 Å². The second-order valence-corrected chi connectivity index (χ2v) is 6.73. The van der Waals surface area contributed by atoms with Crippen LogP contribution in [-0.2, 0) is 16.6 Å². The Bertz CT molecular complexity index is 584. The molecule has 0 saturated carbocycles. The Morgan fingerprint density at radius 3 is 2.53 bits per heavy atom. The predicted molar refractivity (Wildman–Crippen MR) is 72.9 cm³/mol. The van der Waals surface area contributed by atoms with Crippen molar-refractivity contribution < 1.29 is 8.42 Å². The van der Waals surface area contributed by atoms with E-state index in [1.54, 1.807) is 6.07 Å². The minimum atomic E-state index is -3.07. The predicted octanol–water partition coefficient (Wildman–Crippen LogP) is 0.635. The molecule has 1 saturated heterocycles. The molecular weight excluding hydrogens is 262 g/mol. The summed E-state index contributed by atoms with van der Waals surface area (Å²) in [5.41, 5.74) is 1.75. The van der Waals surface area contributed by atoms with Crippen LogP contribution in [0.3, 0.4) is 0 Å². The summed E-state index contributed by atoms with van der Waals surface area (Å²) in [6.45, 7) is 3.29. The largest absolute Gasteiger partial charge is 0.296 e. The van der Waals surface area contributed by atoms with Crippen LogP contribution < -0.4 is 0 Å². The number of hydrogen-bond acceptors (Lipinski definition) is 4. The van der Waals surface area contributed by atoms with Crippen molar-refractivity contribution in [1.29, 1.82) is 5.26 Å². The maximum atomic E-state index is 11.4. The van der Waals surface area contributed by atoms with Crippen LogP contribution in [0.1, 0.15) is 11.1 Å². The van der Waals surface area contributed by atoms with Gasteiger partial charge in [-0.2, -0.15) is 9.57 Å². The molecular formula is C13H17N3O2S. The van der Waals surface area contributed by atoms with E-state index in [2.05, 4.69) is 11.0 Å². The van der Waals surface area contributed by atoms with E-state index in [-0.39, 0.29) is 0 Å². The van der Waals surface area contributed by atoms with E-state index in [1.165, 1.54) is 10.6 Å². The van der Waals surface area contributed by atoms with Gasteiger partial charge in [0.1, 0.15) is 0 Å². The molecule has 1 fully saturated rings. The number of nitrogens with zero attached hydrogens (tertiary/aromatic N) is 3. The molecule has 0 spiro atoms. The van der Waals surface area contributed by atoms with Gasteiger partial charge in [-0.15, -0.1) is 0 Å². The number of sulfonamides is 1. The summed E-state index contributed by atoms with van der Waals surface area (Å²) in [6.07, 6.45) is 1.25. The molecule has 1 aliphatic heterocycles. The fraction of sp³-hybridized carbons (Fsp3) is 0.462. The van der Waals surface area contributed by atoms with Crippen molar-refractivity contribution in [3.05, 3.63) is 35.4 Å². The molecule has 0 aromatic heterocycles. The Balaban J connectivity index is 1.94. The Kier molecular flexibility index (Phi) is 4.20. The Labute approximate surface area is 114 Å². The average molecular weight is 279 g/mol. The molecule has 1 heterocycles. The molecule has 0 amide bonds. The van der Waals surface area contributed by atoms with Crippen LogP contribution >= 0.6 is 0 Å². The van der Waals surface area contributed by atoms with Gasteiger partial charge in [0.15, 0.2) is 0 Å². The quantitative estimate of drug-likeness (QED) is 0.814. The molecule has 2 rings (SSSR count). The van der Waals surface area contributed by atoms with E-state index in [4.69, 9.17) is 5.26 Å². The molecule has 0 bridgehead atoms. The fourth-order valence-corrected chi connectivity index (χ4v) is 3.04. The van der Waals surface area contributed by atoms with Crippen molar-refractivity contribution >= 4 is 10.0 Å². The zero-order chi connectivity index (χ0) is 13.9. The van der Waals surface area contributed by atoms with Gasteiger partial charge in [0.05, 0.1) is 17.9 Å². The topological polar surface area (TPSA) is 64.4 Å². The van der Waals surface area contributed by atoms with Crippen LogP contribution in [0.5, 0.6) is 0 Å². The molecule has 0 atom stereocenters. The molecule has 1 aliphatic rings. The molecule has 5 nitrogen and oxygen atoms in total. The van der Waals surface area contributed by atoms with Crippen LogP contribution in [0.15, 0.2) is 24.3 Å². The summed E-state index contributed by atoms with van der Waals surface area (Å²) < 4.78 is 24.3. The van der Waals surface area contributed by atoms with E-state index in [0.717, 1.165) is 25.2 Å². The first kappa shape index (κ1) is 14.0. The van der Waals surface area contributed by atoms with Gasteiger partial charge in [-0.25, -0.2) is 8.42 Å². The second-order valence-electron chi connectivity index (χ2n) is 4.75. The number of rotatable bonds is 3. The van der Waals surface area contributed by atoms with Crippen LogP contribution in [0, 0.1) is 11.3 Å². The van der Waals surface area contributed by atoms with Gasteiger partial charge < -0.3 is 0 Å². The van der Waals surface area contributed by atoms with Gasteiger partial charge in [-0.3, -0.25) is 4.90 Å². The number of piperazine rings is 1. The molecule has 102 valence electrons. The lowest BCUT2D eigenvalue weighted by atomic mass is 10.1. The SMILES string of the molecule is CS(=O)(=O)N1CCN(Cc2cccc(C#N)c2)CC1. The third-order valence-corrected chi connectivity index (χ3v) is 4.57. The number of benzene rings is 1. The van der Waals surface area contributed by atoms with Crippen molar-refractivity contribution in [2.24, 2.45) is 0 Å². The van der Waals surface area contributed by atoms with Crippen molar-refractivity contribution in [2.45, 2.75) is 6.54 Å². The third-order valence-electron chi connectivity index (χ3n) is 3.26. The number of hydrogen-bond donors (Lipinski definition) is 0. The highest BCUT2D eigenvalue weighted by Gasteiger charge is 2.23. The molecule has 0 aliphatic carbocycles. The zero-order valence-corrected chi connectivity index (χ0v) is 11.7. The zero-order valence-electron chi connectivity index (χ0n) is 10.9. The summed E-state index contributed by atoms with van der Waals surface area (Å²) in [4.78, 5) is 2.21. The molecule has 1 aromatic rings. The fourth-order valence-electron chi connectivity index (χ4n) is 2.22. The highest BCUT2D eigenvalue weighted by atomic mass is 32.2. The van der Waals surface area contributed by atoms with Gasteiger partial charge >= 0.3 is 0 Å². The lowest BCUT2D eigenvalue weighted by Gasteiger charge is -2.33. The first-order valence-corrected chi connectivity index (χ1v) is 8.00. The monoisotopic (exact) mass is 279 g/mol. The van der Waals surface area contributed by atoms with E-state index in [9.17, 15) is 8.42 Å². The Morgan fingerprint density at radius 2 is 1.95 bits per heavy atom. The molecule has 1 aromatic carbocycles. The smallest absolute Gasteiger partial charge is 0.211 e. The molecule has 0 unspecified atom stereocenters. The van der Waals surface area contributed by atoms with Crippen LogP contribution in [0.4, 0.5) is 0 Å². The summed E-state index contributed by atoms with van der Waals surface area (Å²) in [6, 6.07) is 9.65. The molecule has 6 heteroatoms. The van der Waals surface area contributed by atoms with Crippen molar-refractivity contribution in [1.82, 2.24) is 9.21 Å². The lowest BCUT2D eigenvalue weighted by Crippen LogP contribution is -2.47. The van der Waals surface area contributed by atoms with E-state index in [1.807, 2.05) is 18.2 Å². The maximum absolute atomic E-state index is 11.4. The molecule has 0 radical (unpaired) electrons. The Morgan fingerprint density at radius 1 is 1.26 bits per heavy atom. The van der Waals surface area contributed by atoms with Gasteiger partial charge in [-0.1, -0.05) is 12.1 Å². The van der Waals surface area contributed by atoms with Crippen LogP contribution in [0.25, 0.3) is 0 Å². The van der Waals surface area contributed by atoms with Crippen molar-refractivity contribution in [3.63, 3.8) is 0 Å². The first-order valence-electron chi connectivity index (χ1n) is 6.15. The maximum Gasteiger partial charge on any atom is 0.211 e. The lowest BCUT2D eigenvalue weighted by molar-refractivity contribution is 0.182. The van der Waals surface area contributed by atoms with Crippen LogP contribution in [0.2, 0.25) is 0 Å². The van der Waals surface area contributed by atoms with Gasteiger partial charge in [0.2, 0.25) is 10.0 Å². The van der Waals surface area contributed by atoms with E-state index >= 15 is 0 Å². The average Bonchev–Trinajstić information content (AvgIpc) is 2.38. The van der Waals surface area contributed by atoms with E-state index in [0.29, 0.717) is 18.7 Å². The standard InChI is InChI=1S/C13H17N3O2S/c1-19(17,18)16-7-5-15(6-8-16)11-13-4-2-3-12(9-13)10-14/h2-4,9H,5-8,11H2,1H3. The van der Waals surface area contributed by atoms with E-state index < -0.39 is 10.0 Å². The highest BCUT2D eigenvalue weighted by molar-refractivity contribution is 7.88. The second kappa shape index (κ2) is 5.70. The molecule has 0 N–H and O–H groups in total. The summed E-state index contributed by atoms with van der Waals surface area (Å²) in [5, 5.41) is 8.86. The molecule has 19 heavy (non-hydrogen) atoms. The summed E-state index contributed by atoms with van der Waals surface area (Å²) >= 11 is 0. The minimum absolute atomic E-state index is 0.538. The summed E-state index contributed by atoms with van der Waals surface area (Å²) in [7, 11) is -3.07. The Hall–Kier alpha value is -1.42. The summed E-state index contributed by atoms with van der Waals surface area (Å²) in [5.74, 6) is 0. The van der Waals surface area contributed by atoms with Gasteiger partial charge in [0, 0.05) is 32.7 Å². The normalized spacial score (nSPS) is 18.1. The van der Waals surface area contributed by atoms with Crippen LogP contribution in [-0.4, -0.2) is 50.1 Å². The third kappa shape index (κ3) is 3.77. The van der Waals surface area contributed by atoms with Crippen molar-refractivity contribution in [3.8, 4) is 6.07 Å². The van der Waals surface area contributed by atoms with Crippen molar-refractivity contribution in [2.75, 3.05) is 32.4 Å².